The quantitative estimate of drug-likeness (QED) is 0.549. The maximum Gasteiger partial charge on any atom is 0.159 e. The molecule has 0 bridgehead atoms. The fraction of sp³-hybridized carbons (Fsp3) is 0.643. The normalized spacial score (nSPS) is 54.8. The van der Waals surface area contributed by atoms with Gasteiger partial charge >= 0.3 is 0 Å². The van der Waals surface area contributed by atoms with Crippen LogP contribution in [-0.2, 0) is 4.79 Å². The van der Waals surface area contributed by atoms with Crippen molar-refractivity contribution in [2.75, 3.05) is 0 Å². The molecule has 5 atom stereocenters. The molecule has 4 aliphatic rings. The molecule has 15 heavy (non-hydrogen) atoms. The maximum atomic E-state index is 11.9. The van der Waals surface area contributed by atoms with Crippen LogP contribution in [0.2, 0.25) is 0 Å². The number of carbonyl (C=O) groups is 1. The van der Waals surface area contributed by atoms with Crippen LogP contribution < -0.4 is 0 Å². The second-order valence-electron chi connectivity index (χ2n) is 5.79. The second-order valence-corrected chi connectivity index (χ2v) is 5.79. The lowest BCUT2D eigenvalue weighted by atomic mass is 9.74. The highest BCUT2D eigenvalue weighted by Gasteiger charge is 2.61. The topological polar surface area (TPSA) is 17.1 Å². The number of hydrogen-bond acceptors (Lipinski definition) is 1. The summed E-state index contributed by atoms with van der Waals surface area (Å²) >= 11 is 0. The third-order valence-corrected chi connectivity index (χ3v) is 5.45. The van der Waals surface area contributed by atoms with Crippen LogP contribution in [0.4, 0.5) is 0 Å². The Bertz CT molecular complexity index is 392. The van der Waals surface area contributed by atoms with Crippen molar-refractivity contribution in [1.82, 2.24) is 0 Å². The van der Waals surface area contributed by atoms with E-state index in [4.69, 9.17) is 0 Å². The Kier molecular flexibility index (Phi) is 1.36. The SMILES string of the molecule is O=C1C=C[C@@H]2C[C@]34C=CC[C@@H]3CC[C@@H]4[C@@H]12. The summed E-state index contributed by atoms with van der Waals surface area (Å²) in [4.78, 5) is 11.9. The van der Waals surface area contributed by atoms with E-state index in [1.807, 2.05) is 6.08 Å². The smallest absolute Gasteiger partial charge is 0.159 e. The molecule has 1 nitrogen and oxygen atoms in total. The Balaban J connectivity index is 1.82. The molecule has 0 aromatic heterocycles. The Labute approximate surface area is 90.2 Å². The van der Waals surface area contributed by atoms with Gasteiger partial charge in [0.2, 0.25) is 0 Å². The minimum Gasteiger partial charge on any atom is -0.295 e. The van der Waals surface area contributed by atoms with E-state index in [1.54, 1.807) is 0 Å². The lowest BCUT2D eigenvalue weighted by Crippen LogP contribution is -2.26. The molecule has 1 spiro atoms. The van der Waals surface area contributed by atoms with Crippen molar-refractivity contribution in [3.63, 3.8) is 0 Å². The summed E-state index contributed by atoms with van der Waals surface area (Å²) in [5.74, 6) is 2.90. The van der Waals surface area contributed by atoms with E-state index in [0.29, 0.717) is 29.0 Å². The van der Waals surface area contributed by atoms with Crippen molar-refractivity contribution in [3.05, 3.63) is 24.3 Å². The van der Waals surface area contributed by atoms with Crippen LogP contribution in [-0.4, -0.2) is 5.78 Å². The van der Waals surface area contributed by atoms with Crippen molar-refractivity contribution >= 4 is 5.78 Å². The summed E-state index contributed by atoms with van der Waals surface area (Å²) in [6, 6.07) is 0. The average molecular weight is 200 g/mol. The standard InChI is InChI=1S/C14H16O/c15-12-6-3-9-8-14-7-1-2-10(14)4-5-11(14)13(9)12/h1,3,6-7,9-11,13H,2,4-5,8H2/t9-,10-,11-,13+,14-/m1/s1. The van der Waals surface area contributed by atoms with Crippen molar-refractivity contribution in [2.24, 2.45) is 29.1 Å². The van der Waals surface area contributed by atoms with Gasteiger partial charge in [-0.3, -0.25) is 4.79 Å². The molecule has 0 aliphatic heterocycles. The first-order chi connectivity index (χ1) is 7.31. The third-order valence-electron chi connectivity index (χ3n) is 5.45. The van der Waals surface area contributed by atoms with Crippen LogP contribution in [0.5, 0.6) is 0 Å². The Morgan fingerprint density at radius 3 is 3.20 bits per heavy atom. The third kappa shape index (κ3) is 0.802. The van der Waals surface area contributed by atoms with E-state index in [0.717, 1.165) is 5.92 Å². The maximum absolute atomic E-state index is 11.9. The number of carbonyl (C=O) groups excluding carboxylic acids is 1. The molecule has 2 fully saturated rings. The van der Waals surface area contributed by atoms with E-state index >= 15 is 0 Å². The largest absolute Gasteiger partial charge is 0.295 e. The zero-order valence-electron chi connectivity index (χ0n) is 8.86. The Hall–Kier alpha value is -0.850. The number of rotatable bonds is 0. The monoisotopic (exact) mass is 200 g/mol. The molecule has 0 saturated heterocycles. The molecule has 78 valence electrons. The van der Waals surface area contributed by atoms with Crippen LogP contribution >= 0.6 is 0 Å². The lowest BCUT2D eigenvalue weighted by Gasteiger charge is -2.29. The van der Waals surface area contributed by atoms with Gasteiger partial charge in [0.15, 0.2) is 5.78 Å². The van der Waals surface area contributed by atoms with Crippen LogP contribution in [0.3, 0.4) is 0 Å². The summed E-state index contributed by atoms with van der Waals surface area (Å²) in [5, 5.41) is 0. The zero-order valence-corrected chi connectivity index (χ0v) is 8.86. The zero-order chi connectivity index (χ0) is 10.0. The summed E-state index contributed by atoms with van der Waals surface area (Å²) in [5.41, 5.74) is 0.440. The van der Waals surface area contributed by atoms with Crippen LogP contribution in [0.1, 0.15) is 25.7 Å². The van der Waals surface area contributed by atoms with Crippen LogP contribution in [0.25, 0.3) is 0 Å². The van der Waals surface area contributed by atoms with Gasteiger partial charge < -0.3 is 0 Å². The van der Waals surface area contributed by atoms with Crippen molar-refractivity contribution in [3.8, 4) is 0 Å². The molecule has 1 heteroatoms. The van der Waals surface area contributed by atoms with E-state index in [9.17, 15) is 4.79 Å². The lowest BCUT2D eigenvalue weighted by molar-refractivity contribution is -0.119. The van der Waals surface area contributed by atoms with Crippen LogP contribution in [0.15, 0.2) is 24.3 Å². The van der Waals surface area contributed by atoms with E-state index in [-0.39, 0.29) is 0 Å². The Morgan fingerprint density at radius 2 is 2.27 bits per heavy atom. The summed E-state index contributed by atoms with van der Waals surface area (Å²) < 4.78 is 0. The van der Waals surface area contributed by atoms with Gasteiger partial charge in [-0.15, -0.1) is 0 Å². The highest BCUT2D eigenvalue weighted by molar-refractivity contribution is 5.95. The molecule has 4 rings (SSSR count). The molecule has 0 radical (unpaired) electrons. The predicted octanol–water partition coefficient (Wildman–Crippen LogP) is 2.73. The van der Waals surface area contributed by atoms with E-state index < -0.39 is 0 Å². The number of hydrogen-bond donors (Lipinski definition) is 0. The van der Waals surface area contributed by atoms with Gasteiger partial charge in [0.05, 0.1) is 0 Å². The minimum absolute atomic E-state index is 0.359. The van der Waals surface area contributed by atoms with Gasteiger partial charge in [0.25, 0.3) is 0 Å². The van der Waals surface area contributed by atoms with Gasteiger partial charge in [-0.2, -0.15) is 0 Å². The molecular formula is C14H16O. The second kappa shape index (κ2) is 2.45. The molecule has 0 heterocycles. The average Bonchev–Trinajstić information content (AvgIpc) is 2.86. The highest BCUT2D eigenvalue weighted by atomic mass is 16.1. The number of allylic oxidation sites excluding steroid dienone is 4. The van der Waals surface area contributed by atoms with Gasteiger partial charge in [-0.25, -0.2) is 0 Å². The van der Waals surface area contributed by atoms with Crippen LogP contribution in [0, 0.1) is 29.1 Å². The van der Waals surface area contributed by atoms with Crippen molar-refractivity contribution < 1.29 is 4.79 Å². The number of ketones is 1. The summed E-state index contributed by atoms with van der Waals surface area (Å²) in [7, 11) is 0. The molecule has 0 amide bonds. The Morgan fingerprint density at radius 1 is 1.33 bits per heavy atom. The van der Waals surface area contributed by atoms with Crippen molar-refractivity contribution in [2.45, 2.75) is 25.7 Å². The van der Waals surface area contributed by atoms with Gasteiger partial charge in [0.1, 0.15) is 0 Å². The molecule has 0 N–H and O–H groups in total. The molecule has 0 aromatic rings. The van der Waals surface area contributed by atoms with Gasteiger partial charge in [0, 0.05) is 5.92 Å². The first kappa shape index (κ1) is 8.32. The van der Waals surface area contributed by atoms with Crippen molar-refractivity contribution in [1.29, 1.82) is 0 Å². The molecular weight excluding hydrogens is 184 g/mol. The molecule has 0 aromatic carbocycles. The first-order valence-corrected chi connectivity index (χ1v) is 6.21. The molecule has 2 saturated carbocycles. The van der Waals surface area contributed by atoms with E-state index in [2.05, 4.69) is 18.2 Å². The van der Waals surface area contributed by atoms with E-state index in [1.165, 1.54) is 25.7 Å². The predicted molar refractivity (Wildman–Crippen MR) is 58.1 cm³/mol. The fourth-order valence-electron chi connectivity index (χ4n) is 4.93. The highest BCUT2D eigenvalue weighted by Crippen LogP contribution is 2.66. The minimum atomic E-state index is 0.359. The number of fused-ring (bicyclic) bond motifs is 2. The molecule has 4 aliphatic carbocycles. The fourth-order valence-corrected chi connectivity index (χ4v) is 4.93. The van der Waals surface area contributed by atoms with Gasteiger partial charge in [-0.05, 0) is 54.9 Å². The van der Waals surface area contributed by atoms with Gasteiger partial charge in [-0.1, -0.05) is 18.2 Å². The summed E-state index contributed by atoms with van der Waals surface area (Å²) in [6.07, 6.45) is 14.0. The molecule has 0 unspecified atom stereocenters. The first-order valence-electron chi connectivity index (χ1n) is 6.21. The summed E-state index contributed by atoms with van der Waals surface area (Å²) in [6.45, 7) is 0.